The molecular formula is C55H62N10. The fourth-order valence-electron chi connectivity index (χ4n) is 17.3. The number of nitrogens with zero attached hydrogens (tertiary/aromatic N) is 5. The molecule has 5 saturated heterocycles. The first-order valence-electron chi connectivity index (χ1n) is 24.6. The van der Waals surface area contributed by atoms with E-state index in [0.29, 0.717) is 0 Å². The van der Waals surface area contributed by atoms with E-state index in [-0.39, 0.29) is 57.9 Å². The fraction of sp³-hybridized carbons (Fsp3) is 0.455. The lowest BCUT2D eigenvalue weighted by atomic mass is 9.54. The van der Waals surface area contributed by atoms with E-state index >= 15 is 0 Å². The van der Waals surface area contributed by atoms with Gasteiger partial charge in [-0.1, -0.05) is 91.0 Å². The Hall–Kier alpha value is -5.10. The number of rotatable bonds is 4. The van der Waals surface area contributed by atoms with Crippen LogP contribution in [0.5, 0.6) is 0 Å². The molecule has 0 saturated carbocycles. The van der Waals surface area contributed by atoms with Crippen LogP contribution in [0.2, 0.25) is 0 Å². The molecule has 10 atom stereocenters. The first kappa shape index (κ1) is 38.1. The van der Waals surface area contributed by atoms with Crippen LogP contribution < -0.4 is 26.6 Å². The van der Waals surface area contributed by atoms with Crippen LogP contribution in [-0.2, 0) is 27.1 Å². The zero-order valence-electron chi connectivity index (χ0n) is 38.5. The molecule has 65 heavy (non-hydrogen) atoms. The molecule has 0 aromatic heterocycles. The van der Waals surface area contributed by atoms with Gasteiger partial charge in [-0.15, -0.1) is 0 Å². The molecule has 5 aromatic rings. The highest BCUT2D eigenvalue weighted by molar-refractivity contribution is 5.83. The summed E-state index contributed by atoms with van der Waals surface area (Å²) in [6.45, 7) is 5.33. The van der Waals surface area contributed by atoms with Gasteiger partial charge in [-0.3, -0.25) is 24.5 Å². The molecule has 15 rings (SSSR count). The van der Waals surface area contributed by atoms with Crippen LogP contribution in [-0.4, -0.2) is 123 Å². The average Bonchev–Trinajstić information content (AvgIpc) is 4.21. The maximum absolute atomic E-state index is 4.46. The van der Waals surface area contributed by atoms with Crippen LogP contribution in [0, 0.1) is 0 Å². The van der Waals surface area contributed by atoms with Gasteiger partial charge in [0.1, 0.15) is 0 Å². The second-order valence-electron chi connectivity index (χ2n) is 22.0. The number of likely N-dealkylation sites (tertiary alicyclic amines) is 5. The van der Waals surface area contributed by atoms with E-state index in [9.17, 15) is 0 Å². The normalized spacial score (nSPS) is 38.1. The van der Waals surface area contributed by atoms with Gasteiger partial charge in [-0.05, 0) is 124 Å². The standard InChI is InChI=1S/C55H62N10/c1-61-28-23-51(33-13-6-8-21-41(33)56-46(51)61)35-15-10-16-36-43(35)58-48-53(36,25-30-63(48)3)38-18-12-20-40-45(38)60-50-55(40,27-32-65(50)5)54-26-31-64(4)49(54)59-44-37(17-11-19-39(44)54)52-24-29-62(2)47(52)57-42-22-9-7-14-34(42)52/h6-22,46-50,56-60H,23-32H2,1-5H3. The lowest BCUT2D eigenvalue weighted by Crippen LogP contribution is -2.60. The van der Waals surface area contributed by atoms with E-state index in [1.54, 1.807) is 0 Å². The van der Waals surface area contributed by atoms with Crippen molar-refractivity contribution in [1.82, 2.24) is 24.5 Å². The molecule has 10 aliphatic rings. The van der Waals surface area contributed by atoms with Crippen LogP contribution >= 0.6 is 0 Å². The van der Waals surface area contributed by atoms with Crippen LogP contribution in [0.4, 0.5) is 28.4 Å². The van der Waals surface area contributed by atoms with Gasteiger partial charge in [0, 0.05) is 72.0 Å². The maximum Gasteiger partial charge on any atom is 0.0933 e. The third-order valence-corrected chi connectivity index (χ3v) is 19.9. The van der Waals surface area contributed by atoms with Crippen LogP contribution in [0.25, 0.3) is 0 Å². The summed E-state index contributed by atoms with van der Waals surface area (Å²) in [4.78, 5) is 13.0. The van der Waals surface area contributed by atoms with E-state index in [4.69, 9.17) is 0 Å². The van der Waals surface area contributed by atoms with Gasteiger partial charge in [0.2, 0.25) is 0 Å². The molecule has 10 unspecified atom stereocenters. The number of nitrogens with one attached hydrogen (secondary N) is 5. The lowest BCUT2D eigenvalue weighted by molar-refractivity contribution is 0.147. The average molecular weight is 863 g/mol. The smallest absolute Gasteiger partial charge is 0.0933 e. The fourth-order valence-corrected chi connectivity index (χ4v) is 17.3. The Morgan fingerprint density at radius 3 is 1.05 bits per heavy atom. The Balaban J connectivity index is 0.926. The van der Waals surface area contributed by atoms with E-state index < -0.39 is 0 Å². The molecule has 0 radical (unpaired) electrons. The zero-order valence-corrected chi connectivity index (χ0v) is 38.5. The molecule has 332 valence electrons. The largest absolute Gasteiger partial charge is 0.368 e. The summed E-state index contributed by atoms with van der Waals surface area (Å²) >= 11 is 0. The summed E-state index contributed by atoms with van der Waals surface area (Å²) in [5.41, 5.74) is 17.8. The van der Waals surface area contributed by atoms with E-state index in [1.165, 1.54) is 72.9 Å². The van der Waals surface area contributed by atoms with Crippen molar-refractivity contribution >= 4 is 28.4 Å². The van der Waals surface area contributed by atoms with Crippen molar-refractivity contribution in [2.24, 2.45) is 0 Å². The molecular weight excluding hydrogens is 801 g/mol. The quantitative estimate of drug-likeness (QED) is 0.129. The van der Waals surface area contributed by atoms with Crippen LogP contribution in [0.15, 0.2) is 103 Å². The molecule has 0 amide bonds. The SMILES string of the molecule is CN1CCC2(c3cccc4c3NC3N(C)CCC43c3cccc4c3NC3N(C)CCC43C34CCN(C)C3Nc3c(C56CCN(C)C5Nc5ccccc56)cccc34)c3ccccc3NC12. The first-order valence-corrected chi connectivity index (χ1v) is 24.6. The highest BCUT2D eigenvalue weighted by Crippen LogP contribution is 2.70. The van der Waals surface area contributed by atoms with Crippen molar-refractivity contribution in [2.75, 3.05) is 94.5 Å². The van der Waals surface area contributed by atoms with Gasteiger partial charge in [0.05, 0.1) is 47.1 Å². The number of para-hydroxylation sites is 5. The number of hydrogen-bond donors (Lipinski definition) is 5. The van der Waals surface area contributed by atoms with E-state index in [1.807, 2.05) is 0 Å². The zero-order chi connectivity index (χ0) is 43.4. The Bertz CT molecular complexity index is 2880. The molecule has 5 N–H and O–H groups in total. The Labute approximate surface area is 383 Å². The molecule has 5 aromatic carbocycles. The number of hydrogen-bond acceptors (Lipinski definition) is 10. The van der Waals surface area contributed by atoms with Gasteiger partial charge in [0.15, 0.2) is 0 Å². The molecule has 10 heterocycles. The first-order chi connectivity index (χ1) is 31.7. The topological polar surface area (TPSA) is 76.4 Å². The Kier molecular flexibility index (Phi) is 7.29. The predicted octanol–water partition coefficient (Wildman–Crippen LogP) is 7.16. The highest BCUT2D eigenvalue weighted by atomic mass is 15.4. The van der Waals surface area contributed by atoms with Gasteiger partial charge in [-0.25, -0.2) is 0 Å². The van der Waals surface area contributed by atoms with Crippen molar-refractivity contribution in [3.05, 3.63) is 148 Å². The van der Waals surface area contributed by atoms with Crippen molar-refractivity contribution in [3.63, 3.8) is 0 Å². The lowest BCUT2D eigenvalue weighted by Gasteiger charge is -2.48. The molecule has 10 nitrogen and oxygen atoms in total. The number of likely N-dealkylation sites (N-methyl/N-ethyl adjacent to an activating group) is 5. The van der Waals surface area contributed by atoms with Crippen molar-refractivity contribution < 1.29 is 0 Å². The number of fused-ring (bicyclic) bond motifs is 16. The molecule has 10 aliphatic heterocycles. The monoisotopic (exact) mass is 863 g/mol. The van der Waals surface area contributed by atoms with Crippen molar-refractivity contribution in [3.8, 4) is 0 Å². The summed E-state index contributed by atoms with van der Waals surface area (Å²) in [5, 5.41) is 21.2. The molecule has 0 bridgehead atoms. The van der Waals surface area contributed by atoms with Crippen LogP contribution in [0.1, 0.15) is 76.6 Å². The predicted molar refractivity (Wildman–Crippen MR) is 261 cm³/mol. The highest BCUT2D eigenvalue weighted by Gasteiger charge is 2.73. The van der Waals surface area contributed by atoms with Gasteiger partial charge < -0.3 is 26.6 Å². The van der Waals surface area contributed by atoms with Gasteiger partial charge in [-0.2, -0.15) is 0 Å². The van der Waals surface area contributed by atoms with E-state index in [2.05, 4.69) is 189 Å². The summed E-state index contributed by atoms with van der Waals surface area (Å²) in [7, 11) is 11.7. The minimum Gasteiger partial charge on any atom is -0.368 e. The second-order valence-corrected chi connectivity index (χ2v) is 22.0. The third kappa shape index (κ3) is 4.09. The van der Waals surface area contributed by atoms with Crippen molar-refractivity contribution in [2.45, 2.75) is 90.0 Å². The third-order valence-electron chi connectivity index (χ3n) is 19.9. The minimum atomic E-state index is -0.215. The minimum absolute atomic E-state index is 0.126. The summed E-state index contributed by atoms with van der Waals surface area (Å²) in [6, 6.07) is 40.5. The summed E-state index contributed by atoms with van der Waals surface area (Å²) < 4.78 is 0. The number of anilines is 5. The summed E-state index contributed by atoms with van der Waals surface area (Å²) in [5.74, 6) is 0. The molecule has 5 fully saturated rings. The molecule has 10 heteroatoms. The molecule has 0 aliphatic carbocycles. The summed E-state index contributed by atoms with van der Waals surface area (Å²) in [6.07, 6.45) is 6.47. The molecule has 0 spiro atoms. The van der Waals surface area contributed by atoms with Crippen molar-refractivity contribution in [1.29, 1.82) is 0 Å². The second kappa shape index (κ2) is 12.5. The van der Waals surface area contributed by atoms with Crippen LogP contribution in [0.3, 0.4) is 0 Å². The Morgan fingerprint density at radius 2 is 0.615 bits per heavy atom. The Morgan fingerprint density at radius 1 is 0.323 bits per heavy atom. The van der Waals surface area contributed by atoms with Gasteiger partial charge >= 0.3 is 0 Å². The van der Waals surface area contributed by atoms with E-state index in [0.717, 1.165) is 64.8 Å². The maximum atomic E-state index is 4.46. The van der Waals surface area contributed by atoms with Gasteiger partial charge in [0.25, 0.3) is 0 Å². The number of benzene rings is 5.